The maximum absolute atomic E-state index is 5.89. The minimum absolute atomic E-state index is 0.510. The standard InChI is InChI=1S/C15H21ClN2/c16-11-13-10-14(7-8-17-13)18-9-3-6-15(18)12-4-1-2-5-12/h7-8,10,12,15H,1-6,9,11H2. The van der Waals surface area contributed by atoms with Gasteiger partial charge in [-0.15, -0.1) is 11.6 Å². The lowest BCUT2D eigenvalue weighted by Crippen LogP contribution is -2.34. The van der Waals surface area contributed by atoms with Crippen molar-refractivity contribution in [1.29, 1.82) is 0 Å². The lowest BCUT2D eigenvalue weighted by molar-refractivity contribution is 0.430. The van der Waals surface area contributed by atoms with Crippen LogP contribution in [0.3, 0.4) is 0 Å². The van der Waals surface area contributed by atoms with Crippen molar-refractivity contribution < 1.29 is 0 Å². The van der Waals surface area contributed by atoms with Crippen molar-refractivity contribution in [3.8, 4) is 0 Å². The summed E-state index contributed by atoms with van der Waals surface area (Å²) in [6, 6.07) is 5.07. The van der Waals surface area contributed by atoms with Crippen LogP contribution >= 0.6 is 11.6 Å². The van der Waals surface area contributed by atoms with E-state index >= 15 is 0 Å². The SMILES string of the molecule is ClCc1cc(N2CCCC2C2CCCC2)ccn1. The molecule has 0 amide bonds. The van der Waals surface area contributed by atoms with Gasteiger partial charge < -0.3 is 4.90 Å². The third-order valence-electron chi connectivity index (χ3n) is 4.51. The third kappa shape index (κ3) is 2.35. The van der Waals surface area contributed by atoms with Gasteiger partial charge in [-0.3, -0.25) is 4.98 Å². The molecule has 0 aromatic carbocycles. The van der Waals surface area contributed by atoms with Crippen LogP contribution in [0.5, 0.6) is 0 Å². The lowest BCUT2D eigenvalue weighted by Gasteiger charge is -2.31. The maximum atomic E-state index is 5.89. The van der Waals surface area contributed by atoms with Gasteiger partial charge in [-0.1, -0.05) is 12.8 Å². The van der Waals surface area contributed by atoms with Crippen LogP contribution in [0, 0.1) is 5.92 Å². The number of pyridine rings is 1. The molecule has 2 heterocycles. The fourth-order valence-electron chi connectivity index (χ4n) is 3.66. The second-order valence-electron chi connectivity index (χ2n) is 5.59. The summed E-state index contributed by atoms with van der Waals surface area (Å²) < 4.78 is 0. The molecule has 1 aromatic heterocycles. The van der Waals surface area contributed by atoms with Gasteiger partial charge in [-0.2, -0.15) is 0 Å². The van der Waals surface area contributed by atoms with E-state index in [4.69, 9.17) is 11.6 Å². The molecule has 2 aliphatic rings. The van der Waals surface area contributed by atoms with E-state index in [9.17, 15) is 0 Å². The van der Waals surface area contributed by atoms with E-state index in [1.165, 1.54) is 50.8 Å². The summed E-state index contributed by atoms with van der Waals surface area (Å²) >= 11 is 5.89. The van der Waals surface area contributed by atoms with E-state index < -0.39 is 0 Å². The average Bonchev–Trinajstić information content (AvgIpc) is 3.09. The van der Waals surface area contributed by atoms with Crippen LogP contribution in [0.1, 0.15) is 44.2 Å². The molecule has 3 rings (SSSR count). The molecule has 1 saturated heterocycles. The monoisotopic (exact) mass is 264 g/mol. The third-order valence-corrected chi connectivity index (χ3v) is 4.79. The normalized spacial score (nSPS) is 24.9. The number of rotatable bonds is 3. The summed E-state index contributed by atoms with van der Waals surface area (Å²) in [5, 5.41) is 0. The Hall–Kier alpha value is -0.760. The summed E-state index contributed by atoms with van der Waals surface area (Å²) in [6.45, 7) is 1.20. The Balaban J connectivity index is 1.80. The summed E-state index contributed by atoms with van der Waals surface area (Å²) in [5.74, 6) is 1.43. The first-order valence-electron chi connectivity index (χ1n) is 7.16. The number of aromatic nitrogens is 1. The fourth-order valence-corrected chi connectivity index (χ4v) is 3.81. The summed E-state index contributed by atoms with van der Waals surface area (Å²) in [4.78, 5) is 6.90. The number of hydrogen-bond acceptors (Lipinski definition) is 2. The van der Waals surface area contributed by atoms with Gasteiger partial charge in [0.15, 0.2) is 0 Å². The Morgan fingerprint density at radius 2 is 2.06 bits per heavy atom. The molecule has 2 fully saturated rings. The molecule has 0 radical (unpaired) electrons. The van der Waals surface area contributed by atoms with Crippen molar-refractivity contribution in [3.63, 3.8) is 0 Å². The molecular weight excluding hydrogens is 244 g/mol. The Morgan fingerprint density at radius 3 is 2.83 bits per heavy atom. The van der Waals surface area contributed by atoms with Crippen LogP contribution in [-0.2, 0) is 5.88 Å². The van der Waals surface area contributed by atoms with E-state index in [1.807, 2.05) is 6.20 Å². The Bertz CT molecular complexity index is 401. The molecule has 3 heteroatoms. The van der Waals surface area contributed by atoms with Gasteiger partial charge >= 0.3 is 0 Å². The lowest BCUT2D eigenvalue weighted by atomic mass is 9.96. The predicted octanol–water partition coefficient (Wildman–Crippen LogP) is 3.98. The van der Waals surface area contributed by atoms with Gasteiger partial charge in [-0.25, -0.2) is 0 Å². The van der Waals surface area contributed by atoms with Crippen molar-refractivity contribution in [2.75, 3.05) is 11.4 Å². The molecule has 18 heavy (non-hydrogen) atoms. The highest BCUT2D eigenvalue weighted by Gasteiger charge is 2.33. The number of alkyl halides is 1. The molecule has 1 aliphatic heterocycles. The van der Waals surface area contributed by atoms with E-state index in [-0.39, 0.29) is 0 Å². The molecule has 1 aliphatic carbocycles. The highest BCUT2D eigenvalue weighted by atomic mass is 35.5. The van der Waals surface area contributed by atoms with Gasteiger partial charge in [0, 0.05) is 24.5 Å². The first kappa shape index (κ1) is 12.3. The first-order chi connectivity index (χ1) is 8.88. The topological polar surface area (TPSA) is 16.1 Å². The van der Waals surface area contributed by atoms with E-state index in [1.54, 1.807) is 0 Å². The van der Waals surface area contributed by atoms with E-state index in [0.29, 0.717) is 5.88 Å². The first-order valence-corrected chi connectivity index (χ1v) is 7.69. The molecule has 2 nitrogen and oxygen atoms in total. The van der Waals surface area contributed by atoms with Gasteiger partial charge in [-0.05, 0) is 43.7 Å². The molecule has 0 bridgehead atoms. The van der Waals surface area contributed by atoms with Gasteiger partial charge in [0.25, 0.3) is 0 Å². The highest BCUT2D eigenvalue weighted by Crippen LogP contribution is 2.37. The summed E-state index contributed by atoms with van der Waals surface area (Å²) in [6.07, 6.45) is 10.3. The Kier molecular flexibility index (Phi) is 3.74. The minimum Gasteiger partial charge on any atom is -0.368 e. The van der Waals surface area contributed by atoms with Crippen molar-refractivity contribution in [2.24, 2.45) is 5.92 Å². The molecule has 1 atom stereocenters. The van der Waals surface area contributed by atoms with E-state index in [2.05, 4.69) is 22.0 Å². The smallest absolute Gasteiger partial charge is 0.0648 e. The second kappa shape index (κ2) is 5.48. The van der Waals surface area contributed by atoms with Crippen molar-refractivity contribution in [1.82, 2.24) is 4.98 Å². The average molecular weight is 265 g/mol. The van der Waals surface area contributed by atoms with Crippen LogP contribution in [0.25, 0.3) is 0 Å². The second-order valence-corrected chi connectivity index (χ2v) is 5.85. The van der Waals surface area contributed by atoms with Crippen molar-refractivity contribution in [3.05, 3.63) is 24.0 Å². The van der Waals surface area contributed by atoms with Gasteiger partial charge in [0.05, 0.1) is 11.6 Å². The molecular formula is C15H21ClN2. The number of anilines is 1. The van der Waals surface area contributed by atoms with Gasteiger partial charge in [0.2, 0.25) is 0 Å². The fraction of sp³-hybridized carbons (Fsp3) is 0.667. The van der Waals surface area contributed by atoms with Crippen LogP contribution < -0.4 is 4.90 Å². The Morgan fingerprint density at radius 1 is 1.22 bits per heavy atom. The van der Waals surface area contributed by atoms with Crippen LogP contribution in [0.15, 0.2) is 18.3 Å². The minimum atomic E-state index is 0.510. The summed E-state index contributed by atoms with van der Waals surface area (Å²) in [5.41, 5.74) is 2.32. The zero-order valence-electron chi connectivity index (χ0n) is 10.8. The quantitative estimate of drug-likeness (QED) is 0.768. The molecule has 1 unspecified atom stereocenters. The zero-order valence-corrected chi connectivity index (χ0v) is 11.6. The maximum Gasteiger partial charge on any atom is 0.0648 e. The molecule has 0 spiro atoms. The highest BCUT2D eigenvalue weighted by molar-refractivity contribution is 6.16. The number of hydrogen-bond donors (Lipinski definition) is 0. The predicted molar refractivity (Wildman–Crippen MR) is 76.1 cm³/mol. The van der Waals surface area contributed by atoms with Crippen LogP contribution in [0.4, 0.5) is 5.69 Å². The Labute approximate surface area is 114 Å². The zero-order chi connectivity index (χ0) is 12.4. The van der Waals surface area contributed by atoms with Gasteiger partial charge in [0.1, 0.15) is 0 Å². The molecule has 1 aromatic rings. The summed E-state index contributed by atoms with van der Waals surface area (Å²) in [7, 11) is 0. The number of nitrogens with zero attached hydrogens (tertiary/aromatic N) is 2. The van der Waals surface area contributed by atoms with Crippen molar-refractivity contribution in [2.45, 2.75) is 50.4 Å². The van der Waals surface area contributed by atoms with Crippen molar-refractivity contribution >= 4 is 17.3 Å². The van der Waals surface area contributed by atoms with Crippen LogP contribution in [0.2, 0.25) is 0 Å². The molecule has 0 N–H and O–H groups in total. The largest absolute Gasteiger partial charge is 0.368 e. The molecule has 98 valence electrons. The van der Waals surface area contributed by atoms with Crippen LogP contribution in [-0.4, -0.2) is 17.6 Å². The number of halogens is 1. The van der Waals surface area contributed by atoms with E-state index in [0.717, 1.165) is 17.7 Å². The molecule has 1 saturated carbocycles.